The van der Waals surface area contributed by atoms with Crippen molar-refractivity contribution >= 4 is 11.9 Å². The number of rotatable bonds is 4. The van der Waals surface area contributed by atoms with E-state index in [-0.39, 0.29) is 17.4 Å². The van der Waals surface area contributed by atoms with Gasteiger partial charge in [0.25, 0.3) is 5.91 Å². The number of carbonyl (C=O) groups excluding carboxylic acids is 2. The number of nitrogens with one attached hydrogen (secondary N) is 2. The van der Waals surface area contributed by atoms with Gasteiger partial charge < -0.3 is 10.2 Å². The molecule has 5 heteroatoms. The van der Waals surface area contributed by atoms with Gasteiger partial charge in [0.2, 0.25) is 0 Å². The summed E-state index contributed by atoms with van der Waals surface area (Å²) in [6.45, 7) is 7.82. The first-order chi connectivity index (χ1) is 12.2. The normalized spacial score (nSPS) is 21.2. The zero-order valence-electron chi connectivity index (χ0n) is 16.5. The fraction of sp³-hybridized carbons (Fsp3) is 0.619. The summed E-state index contributed by atoms with van der Waals surface area (Å²) in [5.74, 6) is -0.0235. The van der Waals surface area contributed by atoms with Crippen LogP contribution in [0.5, 0.6) is 0 Å². The molecule has 3 rings (SSSR count). The molecule has 2 aliphatic rings. The standard InChI is InChI=1S/C21H31N3O2/c1-20(2,3)17-10-8-16(9-11-17)14-23(4)15-24-18(25)21(22-19(24)26)12-6-5-7-13-21/h8-11H,5-7,12-15H2,1-4H3,(H,22,26)/p+1. The van der Waals surface area contributed by atoms with Crippen molar-refractivity contribution in [3.63, 3.8) is 0 Å². The van der Waals surface area contributed by atoms with Crippen molar-refractivity contribution in [1.82, 2.24) is 10.2 Å². The van der Waals surface area contributed by atoms with Crippen LogP contribution < -0.4 is 10.2 Å². The number of quaternary nitrogens is 1. The zero-order valence-corrected chi connectivity index (χ0v) is 16.5. The molecule has 2 fully saturated rings. The number of nitrogens with zero attached hydrogens (tertiary/aromatic N) is 1. The summed E-state index contributed by atoms with van der Waals surface area (Å²) in [6.07, 6.45) is 4.74. The third-order valence-electron chi connectivity index (χ3n) is 5.71. The van der Waals surface area contributed by atoms with Crippen molar-refractivity contribution in [3.05, 3.63) is 35.4 Å². The summed E-state index contributed by atoms with van der Waals surface area (Å²) in [5, 5.41) is 2.99. The Labute approximate surface area is 156 Å². The maximum absolute atomic E-state index is 12.9. The second-order valence-electron chi connectivity index (χ2n) is 9.05. The molecular formula is C21H32N3O2+. The highest BCUT2D eigenvalue weighted by Crippen LogP contribution is 2.33. The maximum Gasteiger partial charge on any atom is 0.329 e. The minimum atomic E-state index is -0.621. The molecule has 1 spiro atoms. The molecule has 0 radical (unpaired) electrons. The van der Waals surface area contributed by atoms with Gasteiger partial charge >= 0.3 is 6.03 Å². The molecule has 1 aromatic carbocycles. The molecule has 1 heterocycles. The van der Waals surface area contributed by atoms with Crippen LogP contribution in [0.1, 0.15) is 64.0 Å². The van der Waals surface area contributed by atoms with Crippen LogP contribution in [0.3, 0.4) is 0 Å². The van der Waals surface area contributed by atoms with E-state index in [9.17, 15) is 9.59 Å². The summed E-state index contributed by atoms with van der Waals surface area (Å²) in [5.41, 5.74) is 2.05. The average Bonchev–Trinajstić information content (AvgIpc) is 2.79. The van der Waals surface area contributed by atoms with Crippen LogP contribution in [0.2, 0.25) is 0 Å². The van der Waals surface area contributed by atoms with E-state index in [0.717, 1.165) is 43.5 Å². The first-order valence-corrected chi connectivity index (χ1v) is 9.76. The number of hydrogen-bond acceptors (Lipinski definition) is 2. The average molecular weight is 359 g/mol. The predicted molar refractivity (Wildman–Crippen MR) is 102 cm³/mol. The Morgan fingerprint density at radius 3 is 2.27 bits per heavy atom. The van der Waals surface area contributed by atoms with Crippen molar-refractivity contribution in [2.24, 2.45) is 0 Å². The lowest BCUT2D eigenvalue weighted by Crippen LogP contribution is -3.09. The topological polar surface area (TPSA) is 53.9 Å². The van der Waals surface area contributed by atoms with E-state index in [2.05, 4.69) is 50.4 Å². The molecule has 0 aromatic heterocycles. The van der Waals surface area contributed by atoms with Crippen LogP contribution in [0, 0.1) is 0 Å². The van der Waals surface area contributed by atoms with Gasteiger partial charge in [-0.15, -0.1) is 0 Å². The second kappa shape index (κ2) is 7.03. The lowest BCUT2D eigenvalue weighted by Gasteiger charge is -2.30. The Morgan fingerprint density at radius 2 is 1.69 bits per heavy atom. The second-order valence-corrected chi connectivity index (χ2v) is 9.05. The summed E-state index contributed by atoms with van der Waals surface area (Å²) >= 11 is 0. The predicted octanol–water partition coefficient (Wildman–Crippen LogP) is 2.21. The van der Waals surface area contributed by atoms with Crippen LogP contribution >= 0.6 is 0 Å². The largest absolute Gasteiger partial charge is 0.329 e. The van der Waals surface area contributed by atoms with Crippen molar-refractivity contribution in [2.75, 3.05) is 13.7 Å². The molecule has 142 valence electrons. The van der Waals surface area contributed by atoms with Crippen molar-refractivity contribution in [1.29, 1.82) is 0 Å². The van der Waals surface area contributed by atoms with Gasteiger partial charge in [0, 0.05) is 5.56 Å². The molecule has 1 aliphatic carbocycles. The SMILES string of the molecule is C[NH+](Cc1ccc(C(C)(C)C)cc1)CN1C(=O)NC2(CCCCC2)C1=O. The molecule has 1 aliphatic heterocycles. The number of urea groups is 1. The van der Waals surface area contributed by atoms with Gasteiger partial charge in [-0.25, -0.2) is 9.69 Å². The van der Waals surface area contributed by atoms with E-state index in [4.69, 9.17) is 0 Å². The lowest BCUT2D eigenvalue weighted by molar-refractivity contribution is -0.901. The summed E-state index contributed by atoms with van der Waals surface area (Å²) in [6, 6.07) is 8.43. The molecule has 5 nitrogen and oxygen atoms in total. The number of benzene rings is 1. The van der Waals surface area contributed by atoms with Gasteiger partial charge in [0.1, 0.15) is 12.1 Å². The van der Waals surface area contributed by atoms with Crippen molar-refractivity contribution in [3.8, 4) is 0 Å². The van der Waals surface area contributed by atoms with Crippen molar-refractivity contribution in [2.45, 2.75) is 70.4 Å². The van der Waals surface area contributed by atoms with Crippen LogP contribution in [0.4, 0.5) is 4.79 Å². The van der Waals surface area contributed by atoms with Gasteiger partial charge in [-0.05, 0) is 23.8 Å². The monoisotopic (exact) mass is 358 g/mol. The fourth-order valence-corrected chi connectivity index (χ4v) is 4.11. The Morgan fingerprint density at radius 1 is 1.08 bits per heavy atom. The van der Waals surface area contributed by atoms with Gasteiger partial charge in [0.05, 0.1) is 7.05 Å². The first kappa shape index (κ1) is 18.9. The van der Waals surface area contributed by atoms with Gasteiger partial charge in [-0.3, -0.25) is 4.79 Å². The van der Waals surface area contributed by atoms with E-state index in [1.54, 1.807) is 0 Å². The maximum atomic E-state index is 12.9. The molecule has 1 saturated carbocycles. The number of hydrogen-bond donors (Lipinski definition) is 2. The van der Waals surface area contributed by atoms with Crippen LogP contribution in [-0.4, -0.2) is 36.1 Å². The lowest BCUT2D eigenvalue weighted by atomic mass is 9.82. The first-order valence-electron chi connectivity index (χ1n) is 9.76. The Bertz CT molecular complexity index is 669. The third kappa shape index (κ3) is 3.78. The van der Waals surface area contributed by atoms with Crippen LogP contribution in [0.15, 0.2) is 24.3 Å². The molecule has 26 heavy (non-hydrogen) atoms. The molecule has 1 atom stereocenters. The van der Waals surface area contributed by atoms with E-state index in [1.165, 1.54) is 16.0 Å². The van der Waals surface area contributed by atoms with Crippen LogP contribution in [0.25, 0.3) is 0 Å². The van der Waals surface area contributed by atoms with E-state index >= 15 is 0 Å². The minimum Gasteiger partial charge on any atom is -0.323 e. The smallest absolute Gasteiger partial charge is 0.323 e. The summed E-state index contributed by atoms with van der Waals surface area (Å²) in [7, 11) is 2.03. The van der Waals surface area contributed by atoms with E-state index < -0.39 is 5.54 Å². The summed E-state index contributed by atoms with van der Waals surface area (Å²) < 4.78 is 0. The molecule has 0 bridgehead atoms. The minimum absolute atomic E-state index is 0.0235. The Balaban J connectivity index is 1.62. The number of imide groups is 1. The van der Waals surface area contributed by atoms with Gasteiger partial charge in [-0.1, -0.05) is 64.3 Å². The molecule has 1 unspecified atom stereocenters. The highest BCUT2D eigenvalue weighted by molar-refractivity contribution is 6.06. The quantitative estimate of drug-likeness (QED) is 0.811. The summed E-state index contributed by atoms with van der Waals surface area (Å²) in [4.78, 5) is 27.8. The van der Waals surface area contributed by atoms with Gasteiger partial charge in [-0.2, -0.15) is 0 Å². The Kier molecular flexibility index (Phi) is 5.11. The van der Waals surface area contributed by atoms with E-state index in [0.29, 0.717) is 6.67 Å². The number of amides is 3. The van der Waals surface area contributed by atoms with E-state index in [1.807, 2.05) is 7.05 Å². The molecule has 1 aromatic rings. The Hall–Kier alpha value is -1.88. The van der Waals surface area contributed by atoms with Gasteiger partial charge in [0.15, 0.2) is 6.67 Å². The number of carbonyl (C=O) groups is 2. The molecule has 2 N–H and O–H groups in total. The zero-order chi connectivity index (χ0) is 18.9. The van der Waals surface area contributed by atoms with Crippen molar-refractivity contribution < 1.29 is 14.5 Å². The molecule has 1 saturated heterocycles. The highest BCUT2D eigenvalue weighted by Gasteiger charge is 2.52. The molecule has 3 amide bonds. The third-order valence-corrected chi connectivity index (χ3v) is 5.71. The van der Waals surface area contributed by atoms with Crippen LogP contribution in [-0.2, 0) is 16.8 Å². The molecular weight excluding hydrogens is 326 g/mol. The fourth-order valence-electron chi connectivity index (χ4n) is 4.11. The highest BCUT2D eigenvalue weighted by atomic mass is 16.2.